The number of hydrogen-bond donors (Lipinski definition) is 0. The zero-order chi connectivity index (χ0) is 10.4. The fourth-order valence-corrected chi connectivity index (χ4v) is 1.23. The average Bonchev–Trinajstić information content (AvgIpc) is 2.25. The van der Waals surface area contributed by atoms with Crippen molar-refractivity contribution in [2.45, 2.75) is 0 Å². The van der Waals surface area contributed by atoms with Crippen LogP contribution in [0.25, 0.3) is 6.08 Å². The van der Waals surface area contributed by atoms with Gasteiger partial charge in [0.05, 0.1) is 14.2 Å². The maximum Gasteiger partial charge on any atom is 0.126 e. The van der Waals surface area contributed by atoms with Crippen LogP contribution >= 0.6 is 11.6 Å². The Morgan fingerprint density at radius 1 is 1.29 bits per heavy atom. The highest BCUT2D eigenvalue weighted by molar-refractivity contribution is 6.19. The number of alkyl halides is 1. The number of rotatable bonds is 4. The molecule has 0 heterocycles. The lowest BCUT2D eigenvalue weighted by Gasteiger charge is -2.06. The molecule has 0 amide bonds. The Bertz CT molecular complexity index is 321. The van der Waals surface area contributed by atoms with E-state index in [9.17, 15) is 0 Å². The van der Waals surface area contributed by atoms with Gasteiger partial charge in [-0.05, 0) is 18.2 Å². The molecule has 1 aromatic carbocycles. The van der Waals surface area contributed by atoms with E-state index in [1.165, 1.54) is 0 Å². The van der Waals surface area contributed by atoms with Crippen LogP contribution in [-0.2, 0) is 0 Å². The smallest absolute Gasteiger partial charge is 0.126 e. The van der Waals surface area contributed by atoms with Crippen LogP contribution in [0.1, 0.15) is 5.56 Å². The summed E-state index contributed by atoms with van der Waals surface area (Å²) in [6, 6.07) is 5.63. The van der Waals surface area contributed by atoms with Crippen LogP contribution in [0, 0.1) is 0 Å². The number of benzene rings is 1. The lowest BCUT2D eigenvalue weighted by molar-refractivity contribution is 0.402. The first-order chi connectivity index (χ1) is 6.81. The monoisotopic (exact) mass is 212 g/mol. The minimum Gasteiger partial charge on any atom is -0.497 e. The van der Waals surface area contributed by atoms with Gasteiger partial charge in [-0.15, -0.1) is 11.6 Å². The van der Waals surface area contributed by atoms with Gasteiger partial charge in [0.2, 0.25) is 0 Å². The highest BCUT2D eigenvalue weighted by atomic mass is 35.5. The third-order valence-corrected chi connectivity index (χ3v) is 2.00. The molecule has 0 aliphatic rings. The molecule has 0 radical (unpaired) electrons. The van der Waals surface area contributed by atoms with Crippen molar-refractivity contribution in [3.63, 3.8) is 0 Å². The summed E-state index contributed by atoms with van der Waals surface area (Å²) < 4.78 is 10.3. The fourth-order valence-electron chi connectivity index (χ4n) is 1.14. The second kappa shape index (κ2) is 5.55. The van der Waals surface area contributed by atoms with Crippen LogP contribution in [0.4, 0.5) is 0 Å². The molecule has 1 aromatic rings. The van der Waals surface area contributed by atoms with Crippen molar-refractivity contribution in [1.29, 1.82) is 0 Å². The molecule has 76 valence electrons. The summed E-state index contributed by atoms with van der Waals surface area (Å²) in [6.07, 6.45) is 3.77. The van der Waals surface area contributed by atoms with E-state index in [0.717, 1.165) is 17.1 Å². The standard InChI is InChI=1S/C11H13ClO2/c1-13-10-5-6-11(14-2)9(8-10)4-3-7-12/h3-6,8H,7H2,1-2H3. The quantitative estimate of drug-likeness (QED) is 0.715. The van der Waals surface area contributed by atoms with E-state index in [0.29, 0.717) is 5.88 Å². The number of halogens is 1. The van der Waals surface area contributed by atoms with Gasteiger partial charge < -0.3 is 9.47 Å². The molecule has 14 heavy (non-hydrogen) atoms. The van der Waals surface area contributed by atoms with E-state index in [1.54, 1.807) is 14.2 Å². The summed E-state index contributed by atoms with van der Waals surface area (Å²) in [5, 5.41) is 0. The number of methoxy groups -OCH3 is 2. The van der Waals surface area contributed by atoms with Crippen LogP contribution < -0.4 is 9.47 Å². The van der Waals surface area contributed by atoms with Crippen molar-refractivity contribution in [3.8, 4) is 11.5 Å². The lowest BCUT2D eigenvalue weighted by atomic mass is 10.2. The number of ether oxygens (including phenoxy) is 2. The van der Waals surface area contributed by atoms with Crippen LogP contribution in [0.15, 0.2) is 24.3 Å². The van der Waals surface area contributed by atoms with Gasteiger partial charge in [-0.3, -0.25) is 0 Å². The minimum absolute atomic E-state index is 0.486. The lowest BCUT2D eigenvalue weighted by Crippen LogP contribution is -1.89. The van der Waals surface area contributed by atoms with Crippen molar-refractivity contribution < 1.29 is 9.47 Å². The topological polar surface area (TPSA) is 18.5 Å². The molecule has 0 spiro atoms. The van der Waals surface area contributed by atoms with Crippen molar-refractivity contribution in [1.82, 2.24) is 0 Å². The second-order valence-corrected chi connectivity index (χ2v) is 2.97. The second-order valence-electron chi connectivity index (χ2n) is 2.66. The SMILES string of the molecule is COc1ccc(OC)c(C=CCCl)c1. The molecular weight excluding hydrogens is 200 g/mol. The Balaban J connectivity index is 3.02. The van der Waals surface area contributed by atoms with Crippen LogP contribution in [-0.4, -0.2) is 20.1 Å². The third-order valence-electron chi connectivity index (χ3n) is 1.82. The van der Waals surface area contributed by atoms with E-state index in [1.807, 2.05) is 30.4 Å². The molecular formula is C11H13ClO2. The van der Waals surface area contributed by atoms with Gasteiger partial charge in [-0.2, -0.15) is 0 Å². The van der Waals surface area contributed by atoms with Gasteiger partial charge >= 0.3 is 0 Å². The third kappa shape index (κ3) is 2.67. The van der Waals surface area contributed by atoms with E-state index in [4.69, 9.17) is 21.1 Å². The molecule has 0 saturated heterocycles. The molecule has 0 saturated carbocycles. The normalized spacial score (nSPS) is 10.5. The Morgan fingerprint density at radius 2 is 2.07 bits per heavy atom. The van der Waals surface area contributed by atoms with Crippen LogP contribution in [0.3, 0.4) is 0 Å². The van der Waals surface area contributed by atoms with Gasteiger partial charge in [-0.25, -0.2) is 0 Å². The summed E-state index contributed by atoms with van der Waals surface area (Å²) in [6.45, 7) is 0. The summed E-state index contributed by atoms with van der Waals surface area (Å²) in [7, 11) is 3.27. The maximum atomic E-state index is 5.56. The van der Waals surface area contributed by atoms with Crippen molar-refractivity contribution in [3.05, 3.63) is 29.8 Å². The van der Waals surface area contributed by atoms with Crippen molar-refractivity contribution in [2.75, 3.05) is 20.1 Å². The Hall–Kier alpha value is -1.15. The molecule has 0 aromatic heterocycles. The van der Waals surface area contributed by atoms with E-state index >= 15 is 0 Å². The van der Waals surface area contributed by atoms with Crippen LogP contribution in [0.5, 0.6) is 11.5 Å². The summed E-state index contributed by atoms with van der Waals surface area (Å²) in [5.74, 6) is 2.10. The van der Waals surface area contributed by atoms with Crippen LogP contribution in [0.2, 0.25) is 0 Å². The predicted octanol–water partition coefficient (Wildman–Crippen LogP) is 2.96. The molecule has 3 heteroatoms. The van der Waals surface area contributed by atoms with E-state index in [-0.39, 0.29) is 0 Å². The molecule has 0 aliphatic carbocycles. The number of allylic oxidation sites excluding steroid dienone is 1. The summed E-state index contributed by atoms with van der Waals surface area (Å²) >= 11 is 5.56. The molecule has 0 unspecified atom stereocenters. The summed E-state index contributed by atoms with van der Waals surface area (Å²) in [5.41, 5.74) is 0.965. The minimum atomic E-state index is 0.486. The van der Waals surface area contributed by atoms with Gasteiger partial charge in [0.15, 0.2) is 0 Å². The fraction of sp³-hybridized carbons (Fsp3) is 0.273. The largest absolute Gasteiger partial charge is 0.497 e. The van der Waals surface area contributed by atoms with Crippen molar-refractivity contribution in [2.24, 2.45) is 0 Å². The highest BCUT2D eigenvalue weighted by Crippen LogP contribution is 2.24. The molecule has 0 aliphatic heterocycles. The van der Waals surface area contributed by atoms with Gasteiger partial charge in [-0.1, -0.05) is 12.2 Å². The first-order valence-corrected chi connectivity index (χ1v) is 4.79. The zero-order valence-electron chi connectivity index (χ0n) is 8.29. The Labute approximate surface area is 89.1 Å². The maximum absolute atomic E-state index is 5.56. The summed E-state index contributed by atoms with van der Waals surface area (Å²) in [4.78, 5) is 0. The highest BCUT2D eigenvalue weighted by Gasteiger charge is 2.00. The molecule has 0 atom stereocenters. The van der Waals surface area contributed by atoms with Gasteiger partial charge in [0.1, 0.15) is 11.5 Å². The van der Waals surface area contributed by atoms with Gasteiger partial charge in [0, 0.05) is 11.4 Å². The molecule has 1 rings (SSSR count). The predicted molar refractivity (Wildman–Crippen MR) is 59.3 cm³/mol. The van der Waals surface area contributed by atoms with Crippen molar-refractivity contribution >= 4 is 17.7 Å². The Kier molecular flexibility index (Phi) is 4.33. The number of hydrogen-bond acceptors (Lipinski definition) is 2. The molecule has 0 fully saturated rings. The zero-order valence-corrected chi connectivity index (χ0v) is 9.04. The molecule has 0 N–H and O–H groups in total. The first-order valence-electron chi connectivity index (χ1n) is 4.26. The molecule has 2 nitrogen and oxygen atoms in total. The van der Waals surface area contributed by atoms with E-state index in [2.05, 4.69) is 0 Å². The molecule has 0 bridgehead atoms. The first kappa shape index (κ1) is 10.9. The Morgan fingerprint density at radius 3 is 2.64 bits per heavy atom. The van der Waals surface area contributed by atoms with Gasteiger partial charge in [0.25, 0.3) is 0 Å². The average molecular weight is 213 g/mol. The van der Waals surface area contributed by atoms with E-state index < -0.39 is 0 Å².